The summed E-state index contributed by atoms with van der Waals surface area (Å²) in [4.78, 5) is 23.7. The first kappa shape index (κ1) is 15.4. The Morgan fingerprint density at radius 1 is 1.05 bits per heavy atom. The number of carbonyl (C=O) groups is 2. The van der Waals surface area contributed by atoms with Crippen LogP contribution in [0, 0.1) is 11.3 Å². The van der Waals surface area contributed by atoms with Crippen molar-refractivity contribution in [3.63, 3.8) is 0 Å². The molecule has 0 aliphatic heterocycles. The van der Waals surface area contributed by atoms with E-state index in [1.165, 1.54) is 24.3 Å². The topological polar surface area (TPSA) is 108 Å². The van der Waals surface area contributed by atoms with E-state index in [9.17, 15) is 9.59 Å². The van der Waals surface area contributed by atoms with Gasteiger partial charge in [-0.05, 0) is 30.3 Å². The highest BCUT2D eigenvalue weighted by atomic mass is 35.5. The molecule has 0 heterocycles. The van der Waals surface area contributed by atoms with Crippen LogP contribution in [-0.4, -0.2) is 11.8 Å². The highest BCUT2D eigenvalue weighted by molar-refractivity contribution is 6.45. The number of rotatable bonds is 2. The number of nitriles is 1. The van der Waals surface area contributed by atoms with Crippen LogP contribution in [0.25, 0.3) is 0 Å². The molecule has 0 bridgehead atoms. The average molecular weight is 315 g/mol. The standard InChI is InChI=1S/C15H11ClN4O2/c16-11-7-10(18)5-6-13(11)20-15(22)14(21)19-12-4-2-1-3-9(12)8-17/h1-7H,18H2,(H,19,21)(H,20,22). The monoisotopic (exact) mass is 314 g/mol. The second kappa shape index (κ2) is 6.61. The minimum absolute atomic E-state index is 0.221. The summed E-state index contributed by atoms with van der Waals surface area (Å²) in [5.41, 5.74) is 6.77. The van der Waals surface area contributed by atoms with Gasteiger partial charge in [0.25, 0.3) is 0 Å². The first-order chi connectivity index (χ1) is 10.5. The Balaban J connectivity index is 2.10. The molecule has 6 nitrogen and oxygen atoms in total. The van der Waals surface area contributed by atoms with Gasteiger partial charge in [-0.3, -0.25) is 9.59 Å². The normalized spacial score (nSPS) is 9.64. The summed E-state index contributed by atoms with van der Waals surface area (Å²) >= 11 is 5.92. The number of amides is 2. The van der Waals surface area contributed by atoms with Crippen molar-refractivity contribution in [3.05, 3.63) is 53.1 Å². The number of nitrogen functional groups attached to an aromatic ring is 1. The van der Waals surface area contributed by atoms with Gasteiger partial charge in [0.15, 0.2) is 0 Å². The Morgan fingerprint density at radius 2 is 1.68 bits per heavy atom. The zero-order valence-corrected chi connectivity index (χ0v) is 12.0. The second-order valence-corrected chi connectivity index (χ2v) is 4.71. The Hall–Kier alpha value is -3.04. The number of halogens is 1. The van der Waals surface area contributed by atoms with Gasteiger partial charge in [-0.1, -0.05) is 23.7 Å². The third-order valence-electron chi connectivity index (χ3n) is 2.74. The lowest BCUT2D eigenvalue weighted by atomic mass is 10.2. The molecule has 2 amide bonds. The number of benzene rings is 2. The van der Waals surface area contributed by atoms with E-state index in [0.29, 0.717) is 5.69 Å². The molecule has 0 saturated carbocycles. The SMILES string of the molecule is N#Cc1ccccc1NC(=O)C(=O)Nc1ccc(N)cc1Cl. The highest BCUT2D eigenvalue weighted by Gasteiger charge is 2.16. The van der Waals surface area contributed by atoms with Crippen molar-refractivity contribution in [3.8, 4) is 6.07 Å². The summed E-state index contributed by atoms with van der Waals surface area (Å²) in [6.45, 7) is 0. The lowest BCUT2D eigenvalue weighted by Gasteiger charge is -2.09. The van der Waals surface area contributed by atoms with Crippen LogP contribution >= 0.6 is 11.6 Å². The Labute approximate surface area is 131 Å². The molecule has 0 unspecified atom stereocenters. The third kappa shape index (κ3) is 3.53. The minimum atomic E-state index is -0.907. The molecule has 2 aromatic carbocycles. The predicted octanol–water partition coefficient (Wildman–Crippen LogP) is 2.37. The molecule has 110 valence electrons. The van der Waals surface area contributed by atoms with Crippen LogP contribution in [0.4, 0.5) is 17.1 Å². The van der Waals surface area contributed by atoms with E-state index in [4.69, 9.17) is 22.6 Å². The van der Waals surface area contributed by atoms with Crippen molar-refractivity contribution in [2.75, 3.05) is 16.4 Å². The number of nitrogens with zero attached hydrogens (tertiary/aromatic N) is 1. The zero-order chi connectivity index (χ0) is 16.1. The fourth-order valence-corrected chi connectivity index (χ4v) is 1.92. The van der Waals surface area contributed by atoms with Gasteiger partial charge in [-0.2, -0.15) is 5.26 Å². The van der Waals surface area contributed by atoms with Gasteiger partial charge in [-0.15, -0.1) is 0 Å². The maximum absolute atomic E-state index is 11.9. The fourth-order valence-electron chi connectivity index (χ4n) is 1.68. The number of para-hydroxylation sites is 1. The van der Waals surface area contributed by atoms with Gasteiger partial charge in [0.2, 0.25) is 0 Å². The zero-order valence-electron chi connectivity index (χ0n) is 11.3. The highest BCUT2D eigenvalue weighted by Crippen LogP contribution is 2.24. The summed E-state index contributed by atoms with van der Waals surface area (Å²) in [6, 6.07) is 12.8. The second-order valence-electron chi connectivity index (χ2n) is 4.30. The number of carbonyl (C=O) groups excluding carboxylic acids is 2. The van der Waals surface area contributed by atoms with E-state index in [2.05, 4.69) is 10.6 Å². The molecule has 2 aromatic rings. The molecule has 0 aliphatic rings. The van der Waals surface area contributed by atoms with Gasteiger partial charge in [0.1, 0.15) is 6.07 Å². The maximum Gasteiger partial charge on any atom is 0.314 e. The van der Waals surface area contributed by atoms with Crippen molar-refractivity contribution in [2.24, 2.45) is 0 Å². The summed E-state index contributed by atoms with van der Waals surface area (Å²) in [6.07, 6.45) is 0. The van der Waals surface area contributed by atoms with E-state index in [1.807, 2.05) is 6.07 Å². The predicted molar refractivity (Wildman–Crippen MR) is 84.3 cm³/mol. The molecule has 0 atom stereocenters. The van der Waals surface area contributed by atoms with E-state index in [1.54, 1.807) is 18.2 Å². The number of anilines is 3. The molecule has 2 rings (SSSR count). The van der Waals surface area contributed by atoms with Gasteiger partial charge in [-0.25, -0.2) is 0 Å². The smallest absolute Gasteiger partial charge is 0.314 e. The Morgan fingerprint density at radius 3 is 2.32 bits per heavy atom. The van der Waals surface area contributed by atoms with Crippen molar-refractivity contribution in [1.82, 2.24) is 0 Å². The van der Waals surface area contributed by atoms with Gasteiger partial charge >= 0.3 is 11.8 Å². The molecule has 0 radical (unpaired) electrons. The van der Waals surface area contributed by atoms with E-state index in [0.717, 1.165) is 0 Å². The number of hydrogen-bond acceptors (Lipinski definition) is 4. The van der Waals surface area contributed by atoms with E-state index in [-0.39, 0.29) is 22.0 Å². The van der Waals surface area contributed by atoms with Crippen LogP contribution in [0.2, 0.25) is 5.02 Å². The fraction of sp³-hybridized carbons (Fsp3) is 0. The van der Waals surface area contributed by atoms with Crippen LogP contribution in [0.5, 0.6) is 0 Å². The molecule has 0 aromatic heterocycles. The van der Waals surface area contributed by atoms with Gasteiger partial charge in [0.05, 0.1) is 22.0 Å². The first-order valence-electron chi connectivity index (χ1n) is 6.17. The number of nitrogens with one attached hydrogen (secondary N) is 2. The van der Waals surface area contributed by atoms with Crippen molar-refractivity contribution >= 4 is 40.5 Å². The van der Waals surface area contributed by atoms with Gasteiger partial charge < -0.3 is 16.4 Å². The van der Waals surface area contributed by atoms with Crippen LogP contribution in [0.15, 0.2) is 42.5 Å². The van der Waals surface area contributed by atoms with Gasteiger partial charge in [0, 0.05) is 5.69 Å². The van der Waals surface area contributed by atoms with Crippen LogP contribution in [0.1, 0.15) is 5.56 Å². The molecule has 0 spiro atoms. The molecule has 22 heavy (non-hydrogen) atoms. The average Bonchev–Trinajstić information content (AvgIpc) is 2.50. The molecule has 7 heteroatoms. The largest absolute Gasteiger partial charge is 0.399 e. The minimum Gasteiger partial charge on any atom is -0.399 e. The lowest BCUT2D eigenvalue weighted by molar-refractivity contribution is -0.132. The van der Waals surface area contributed by atoms with E-state index >= 15 is 0 Å². The summed E-state index contributed by atoms with van der Waals surface area (Å²) in [5, 5.41) is 13.9. The maximum atomic E-state index is 11.9. The molecule has 0 fully saturated rings. The molecular formula is C15H11ClN4O2. The van der Waals surface area contributed by atoms with Crippen molar-refractivity contribution < 1.29 is 9.59 Å². The van der Waals surface area contributed by atoms with Crippen LogP contribution in [0.3, 0.4) is 0 Å². The molecule has 4 N–H and O–H groups in total. The van der Waals surface area contributed by atoms with Crippen molar-refractivity contribution in [2.45, 2.75) is 0 Å². The van der Waals surface area contributed by atoms with E-state index < -0.39 is 11.8 Å². The number of nitrogens with two attached hydrogens (primary N) is 1. The Bertz CT molecular complexity index is 783. The van der Waals surface area contributed by atoms with Crippen LogP contribution < -0.4 is 16.4 Å². The number of hydrogen-bond donors (Lipinski definition) is 3. The first-order valence-corrected chi connectivity index (χ1v) is 6.55. The molecule has 0 saturated heterocycles. The summed E-state index contributed by atoms with van der Waals surface area (Å²) in [5.74, 6) is -1.81. The third-order valence-corrected chi connectivity index (χ3v) is 3.06. The lowest BCUT2D eigenvalue weighted by Crippen LogP contribution is -2.29. The summed E-state index contributed by atoms with van der Waals surface area (Å²) < 4.78 is 0. The van der Waals surface area contributed by atoms with Crippen LogP contribution in [-0.2, 0) is 9.59 Å². The summed E-state index contributed by atoms with van der Waals surface area (Å²) in [7, 11) is 0. The van der Waals surface area contributed by atoms with Crippen molar-refractivity contribution in [1.29, 1.82) is 5.26 Å². The quantitative estimate of drug-likeness (QED) is 0.584. The Kier molecular flexibility index (Phi) is 4.61. The molecular weight excluding hydrogens is 304 g/mol. The molecule has 0 aliphatic carbocycles.